The van der Waals surface area contributed by atoms with Gasteiger partial charge in [-0.25, -0.2) is 0 Å². The molecule has 1 aromatic carbocycles. The maximum atomic E-state index is 5.27. The van der Waals surface area contributed by atoms with Crippen LogP contribution in [0.25, 0.3) is 0 Å². The molecular formula is C17H16FeO+2. The molecule has 3 rings (SSSR count). The van der Waals surface area contributed by atoms with E-state index in [2.05, 4.69) is 18.9 Å². The Balaban J connectivity index is 0.000000256. The van der Waals surface area contributed by atoms with Gasteiger partial charge in [0.25, 0.3) is 0 Å². The van der Waals surface area contributed by atoms with Crippen molar-refractivity contribution in [2.75, 3.05) is 7.11 Å². The van der Waals surface area contributed by atoms with Gasteiger partial charge in [-0.15, -0.1) is 0 Å². The van der Waals surface area contributed by atoms with E-state index in [4.69, 9.17) is 4.74 Å². The quantitative estimate of drug-likeness (QED) is 0.758. The summed E-state index contributed by atoms with van der Waals surface area (Å²) >= 11 is 0. The van der Waals surface area contributed by atoms with Crippen LogP contribution in [0.3, 0.4) is 0 Å². The van der Waals surface area contributed by atoms with Crippen molar-refractivity contribution in [3.63, 3.8) is 0 Å². The molecule has 0 saturated heterocycles. The van der Waals surface area contributed by atoms with E-state index in [1.165, 1.54) is 5.92 Å². The van der Waals surface area contributed by atoms with E-state index in [0.717, 1.165) is 11.3 Å². The third kappa shape index (κ3) is 5.20. The molecule has 2 saturated carbocycles. The molecule has 0 N–H and O–H groups in total. The number of benzene rings is 1. The first kappa shape index (κ1) is 16.6. The van der Waals surface area contributed by atoms with Crippen LogP contribution in [0.1, 0.15) is 5.56 Å². The zero-order valence-corrected chi connectivity index (χ0v) is 11.9. The standard InChI is InChI=1S/C12H11O.C5H5.Fe/c1-13-12-9-5-4-8-11(12)10-6-2-3-7-10;1-2-4-5-3-1;/h2-9H,1H3;1-5H;/q;;+2. The Kier molecular flexibility index (Phi) is 8.25. The zero-order valence-electron chi connectivity index (χ0n) is 10.8. The molecule has 1 nitrogen and oxygen atoms in total. The SMILES string of the molecule is COc1ccccc1[C]1[CH][CH][CH][CH]1.[CH]1[CH][CH][CH][CH]1.[Fe+2]. The minimum absolute atomic E-state index is 0. The van der Waals surface area contributed by atoms with Gasteiger partial charge in [-0.3, -0.25) is 0 Å². The summed E-state index contributed by atoms with van der Waals surface area (Å²) in [5.74, 6) is 2.13. The Morgan fingerprint density at radius 3 is 1.79 bits per heavy atom. The molecule has 1 aromatic rings. The molecule has 2 aliphatic carbocycles. The molecule has 2 fully saturated rings. The molecule has 0 aliphatic heterocycles. The Morgan fingerprint density at radius 1 is 0.737 bits per heavy atom. The monoisotopic (exact) mass is 292 g/mol. The van der Waals surface area contributed by atoms with E-state index in [-0.39, 0.29) is 17.1 Å². The molecule has 19 heavy (non-hydrogen) atoms. The molecule has 0 bridgehead atoms. The first-order valence-corrected chi connectivity index (χ1v) is 5.93. The molecule has 2 aliphatic rings. The second-order valence-corrected chi connectivity index (χ2v) is 3.84. The van der Waals surface area contributed by atoms with Crippen LogP contribution in [0.15, 0.2) is 24.3 Å². The maximum absolute atomic E-state index is 5.27. The molecule has 2 heteroatoms. The number of hydrogen-bond donors (Lipinski definition) is 0. The average molecular weight is 292 g/mol. The number of para-hydroxylation sites is 1. The van der Waals surface area contributed by atoms with Gasteiger partial charge < -0.3 is 4.74 Å². The van der Waals surface area contributed by atoms with Crippen LogP contribution in [0.2, 0.25) is 0 Å². The molecule has 0 heterocycles. The number of ether oxygens (including phenoxy) is 1. The average Bonchev–Trinajstić information content (AvgIpc) is 3.14. The molecule has 0 aromatic heterocycles. The Bertz CT molecular complexity index is 333. The summed E-state index contributed by atoms with van der Waals surface area (Å²) in [6, 6.07) is 8.03. The third-order valence-corrected chi connectivity index (χ3v) is 2.64. The minimum Gasteiger partial charge on any atom is -0.496 e. The predicted octanol–water partition coefficient (Wildman–Crippen LogP) is 3.47. The first-order valence-electron chi connectivity index (χ1n) is 5.93. The molecule has 10 radical (unpaired) electrons. The van der Waals surface area contributed by atoms with E-state index >= 15 is 0 Å². The van der Waals surface area contributed by atoms with Gasteiger partial charge >= 0.3 is 17.1 Å². The van der Waals surface area contributed by atoms with Crippen molar-refractivity contribution >= 4 is 0 Å². The van der Waals surface area contributed by atoms with Crippen molar-refractivity contribution < 1.29 is 21.8 Å². The minimum atomic E-state index is 0. The van der Waals surface area contributed by atoms with Crippen LogP contribution in [0.4, 0.5) is 0 Å². The summed E-state index contributed by atoms with van der Waals surface area (Å²) in [5, 5.41) is 0. The van der Waals surface area contributed by atoms with Crippen molar-refractivity contribution in [3.8, 4) is 5.75 Å². The smallest absolute Gasteiger partial charge is 0.496 e. The second kappa shape index (κ2) is 9.44. The maximum Gasteiger partial charge on any atom is 2.00 e. The van der Waals surface area contributed by atoms with Crippen LogP contribution in [-0.2, 0) is 17.1 Å². The van der Waals surface area contributed by atoms with Crippen molar-refractivity contribution in [1.82, 2.24) is 0 Å². The second-order valence-electron chi connectivity index (χ2n) is 3.84. The summed E-state index contributed by atoms with van der Waals surface area (Å²) in [4.78, 5) is 0. The summed E-state index contributed by atoms with van der Waals surface area (Å²) in [7, 11) is 1.70. The van der Waals surface area contributed by atoms with Gasteiger partial charge in [-0.1, -0.05) is 18.2 Å². The van der Waals surface area contributed by atoms with Gasteiger partial charge in [0.1, 0.15) is 5.75 Å². The molecular weight excluding hydrogens is 276 g/mol. The zero-order chi connectivity index (χ0) is 12.6. The molecule has 96 valence electrons. The van der Waals surface area contributed by atoms with Crippen LogP contribution in [0, 0.1) is 63.7 Å². The van der Waals surface area contributed by atoms with Crippen molar-refractivity contribution in [3.05, 3.63) is 93.5 Å². The first-order chi connectivity index (χ1) is 8.92. The van der Waals surface area contributed by atoms with E-state index < -0.39 is 0 Å². The van der Waals surface area contributed by atoms with Gasteiger partial charge in [0, 0.05) is 11.5 Å². The largest absolute Gasteiger partial charge is 2.00 e. The molecule has 0 amide bonds. The summed E-state index contributed by atoms with van der Waals surface area (Å²) in [5.41, 5.74) is 1.15. The van der Waals surface area contributed by atoms with Gasteiger partial charge in [0.15, 0.2) is 0 Å². The fraction of sp³-hybridized carbons (Fsp3) is 0.0588. The summed E-state index contributed by atoms with van der Waals surface area (Å²) in [6.07, 6.45) is 18.2. The van der Waals surface area contributed by atoms with Gasteiger partial charge in [0.2, 0.25) is 0 Å². The Labute approximate surface area is 128 Å². The van der Waals surface area contributed by atoms with E-state index in [1.807, 2.05) is 63.1 Å². The van der Waals surface area contributed by atoms with E-state index in [9.17, 15) is 0 Å². The van der Waals surface area contributed by atoms with Gasteiger partial charge in [-0.05, 0) is 63.9 Å². The number of hydrogen-bond acceptors (Lipinski definition) is 1. The summed E-state index contributed by atoms with van der Waals surface area (Å²) in [6.45, 7) is 0. The van der Waals surface area contributed by atoms with E-state index in [1.54, 1.807) is 7.11 Å². The van der Waals surface area contributed by atoms with Crippen molar-refractivity contribution in [2.24, 2.45) is 0 Å². The van der Waals surface area contributed by atoms with Crippen LogP contribution in [-0.4, -0.2) is 7.11 Å². The number of rotatable bonds is 2. The van der Waals surface area contributed by atoms with E-state index in [0.29, 0.717) is 0 Å². The predicted molar refractivity (Wildman–Crippen MR) is 74.0 cm³/mol. The Hall–Kier alpha value is -0.461. The van der Waals surface area contributed by atoms with Crippen LogP contribution < -0.4 is 4.74 Å². The topological polar surface area (TPSA) is 9.23 Å². The van der Waals surface area contributed by atoms with Crippen molar-refractivity contribution in [1.29, 1.82) is 0 Å². The Morgan fingerprint density at radius 2 is 1.26 bits per heavy atom. The summed E-state index contributed by atoms with van der Waals surface area (Å²) < 4.78 is 5.27. The van der Waals surface area contributed by atoms with Gasteiger partial charge in [0.05, 0.1) is 7.11 Å². The number of methoxy groups -OCH3 is 1. The fourth-order valence-electron chi connectivity index (χ4n) is 1.76. The molecule has 0 spiro atoms. The normalized spacial score (nSPS) is 18.4. The fourth-order valence-corrected chi connectivity index (χ4v) is 1.76. The third-order valence-electron chi connectivity index (χ3n) is 2.64. The van der Waals surface area contributed by atoms with Crippen LogP contribution >= 0.6 is 0 Å². The molecule has 0 atom stereocenters. The molecule has 0 unspecified atom stereocenters. The van der Waals surface area contributed by atoms with Crippen molar-refractivity contribution in [2.45, 2.75) is 0 Å². The van der Waals surface area contributed by atoms with Gasteiger partial charge in [-0.2, -0.15) is 0 Å². The van der Waals surface area contributed by atoms with Crippen LogP contribution in [0.5, 0.6) is 5.75 Å².